The molecule has 0 radical (unpaired) electrons. The minimum atomic E-state index is -0.791. The maximum atomic E-state index is 10.1. The molecule has 90 valence electrons. The monoisotopic (exact) mass is 288 g/mol. The lowest BCUT2D eigenvalue weighted by atomic mass is 10.1. The molecule has 1 aromatic rings. The van der Waals surface area contributed by atoms with E-state index in [1.165, 1.54) is 6.33 Å². The Morgan fingerprint density at radius 1 is 1.50 bits per heavy atom. The van der Waals surface area contributed by atoms with Gasteiger partial charge in [-0.25, -0.2) is 9.97 Å². The van der Waals surface area contributed by atoms with Crippen LogP contribution in [0, 0.1) is 0 Å². The van der Waals surface area contributed by atoms with Crippen LogP contribution in [0.2, 0.25) is 0 Å². The highest BCUT2D eigenvalue weighted by molar-refractivity contribution is 9.10. The molecule has 1 aromatic heterocycles. The van der Waals surface area contributed by atoms with Crippen molar-refractivity contribution in [2.45, 2.75) is 12.5 Å². The quantitative estimate of drug-likeness (QED) is 0.791. The molecule has 1 atom stereocenters. The number of nitrogens with one attached hydrogen (secondary N) is 1. The second kappa shape index (κ2) is 5.56. The van der Waals surface area contributed by atoms with E-state index in [-0.39, 0.29) is 0 Å². The van der Waals surface area contributed by atoms with Gasteiger partial charge in [0, 0.05) is 19.2 Å². The van der Waals surface area contributed by atoms with Crippen molar-refractivity contribution >= 4 is 21.7 Å². The fraction of sp³-hybridized carbons (Fsp3) is 0.600. The predicted molar refractivity (Wildman–Crippen MR) is 67.4 cm³/mol. The van der Waals surface area contributed by atoms with E-state index in [0.717, 1.165) is 4.60 Å². The molecule has 16 heavy (non-hydrogen) atoms. The molecular formula is C10H17BrN4O. The van der Waals surface area contributed by atoms with Crippen LogP contribution in [-0.4, -0.2) is 52.8 Å². The highest BCUT2D eigenvalue weighted by Crippen LogP contribution is 2.11. The molecular weight excluding hydrogens is 272 g/mol. The largest absolute Gasteiger partial charge is 0.387 e. The summed E-state index contributed by atoms with van der Waals surface area (Å²) in [5.41, 5.74) is -0.791. The van der Waals surface area contributed by atoms with Gasteiger partial charge < -0.3 is 15.3 Å². The number of aliphatic hydroxyl groups is 1. The van der Waals surface area contributed by atoms with E-state index in [0.29, 0.717) is 18.9 Å². The van der Waals surface area contributed by atoms with Gasteiger partial charge in [-0.1, -0.05) is 0 Å². The van der Waals surface area contributed by atoms with Gasteiger partial charge in [-0.3, -0.25) is 0 Å². The molecule has 0 saturated carbocycles. The summed E-state index contributed by atoms with van der Waals surface area (Å²) in [7, 11) is 3.85. The molecule has 5 nitrogen and oxygen atoms in total. The Bertz CT molecular complexity index is 343. The normalized spacial score (nSPS) is 14.9. The molecule has 0 amide bonds. The Morgan fingerprint density at radius 2 is 2.19 bits per heavy atom. The van der Waals surface area contributed by atoms with Gasteiger partial charge in [-0.2, -0.15) is 0 Å². The zero-order valence-electron chi connectivity index (χ0n) is 9.74. The summed E-state index contributed by atoms with van der Waals surface area (Å²) in [5.74, 6) is 0.695. The molecule has 1 heterocycles. The third-order valence-electron chi connectivity index (χ3n) is 1.94. The molecule has 1 unspecified atom stereocenters. The summed E-state index contributed by atoms with van der Waals surface area (Å²) in [6.45, 7) is 2.82. The van der Waals surface area contributed by atoms with E-state index < -0.39 is 5.60 Å². The molecule has 0 bridgehead atoms. The number of anilines is 1. The van der Waals surface area contributed by atoms with Crippen molar-refractivity contribution in [3.8, 4) is 0 Å². The van der Waals surface area contributed by atoms with Crippen molar-refractivity contribution in [1.82, 2.24) is 14.9 Å². The fourth-order valence-electron chi connectivity index (χ4n) is 1.45. The van der Waals surface area contributed by atoms with E-state index >= 15 is 0 Å². The van der Waals surface area contributed by atoms with Crippen molar-refractivity contribution in [1.29, 1.82) is 0 Å². The summed E-state index contributed by atoms with van der Waals surface area (Å²) in [6.07, 6.45) is 1.47. The first kappa shape index (κ1) is 13.3. The number of rotatable bonds is 5. The van der Waals surface area contributed by atoms with Crippen LogP contribution in [0.3, 0.4) is 0 Å². The Balaban J connectivity index is 2.50. The molecule has 0 fully saturated rings. The van der Waals surface area contributed by atoms with Crippen LogP contribution in [0.25, 0.3) is 0 Å². The zero-order chi connectivity index (χ0) is 12.2. The molecule has 0 aliphatic rings. The van der Waals surface area contributed by atoms with Gasteiger partial charge in [0.1, 0.15) is 16.7 Å². The maximum Gasteiger partial charge on any atom is 0.130 e. The lowest BCUT2D eigenvalue weighted by Crippen LogP contribution is -2.43. The average molecular weight is 289 g/mol. The first-order valence-corrected chi connectivity index (χ1v) is 5.77. The van der Waals surface area contributed by atoms with Gasteiger partial charge in [0.05, 0.1) is 5.60 Å². The van der Waals surface area contributed by atoms with Gasteiger partial charge in [0.2, 0.25) is 0 Å². The summed E-state index contributed by atoms with van der Waals surface area (Å²) in [5, 5.41) is 13.1. The van der Waals surface area contributed by atoms with Crippen LogP contribution >= 0.6 is 15.9 Å². The molecule has 0 aliphatic carbocycles. The number of nitrogens with zero attached hydrogens (tertiary/aromatic N) is 3. The minimum Gasteiger partial charge on any atom is -0.387 e. The Morgan fingerprint density at radius 3 is 2.75 bits per heavy atom. The fourth-order valence-corrected chi connectivity index (χ4v) is 1.76. The van der Waals surface area contributed by atoms with Gasteiger partial charge in [-0.05, 0) is 36.9 Å². The highest BCUT2D eigenvalue weighted by Gasteiger charge is 2.21. The van der Waals surface area contributed by atoms with Crippen LogP contribution in [0.1, 0.15) is 6.92 Å². The van der Waals surface area contributed by atoms with Gasteiger partial charge in [0.15, 0.2) is 0 Å². The summed E-state index contributed by atoms with van der Waals surface area (Å²) >= 11 is 3.26. The Labute approximate surface area is 104 Å². The third kappa shape index (κ3) is 4.87. The lowest BCUT2D eigenvalue weighted by Gasteiger charge is -2.27. The Kier molecular flexibility index (Phi) is 4.64. The van der Waals surface area contributed by atoms with Crippen molar-refractivity contribution in [3.63, 3.8) is 0 Å². The highest BCUT2D eigenvalue weighted by atomic mass is 79.9. The van der Waals surface area contributed by atoms with Crippen molar-refractivity contribution in [2.24, 2.45) is 0 Å². The SMILES string of the molecule is CN(C)CC(C)(O)CNc1cc(Br)ncn1. The number of hydrogen-bond acceptors (Lipinski definition) is 5. The van der Waals surface area contributed by atoms with Gasteiger partial charge in [-0.15, -0.1) is 0 Å². The summed E-state index contributed by atoms with van der Waals surface area (Å²) < 4.78 is 0.720. The number of aromatic nitrogens is 2. The summed E-state index contributed by atoms with van der Waals surface area (Å²) in [4.78, 5) is 9.91. The molecule has 0 aliphatic heterocycles. The van der Waals surface area contributed by atoms with E-state index in [4.69, 9.17) is 0 Å². The standard InChI is InChI=1S/C10H17BrN4O/c1-10(16,6-15(2)3)5-12-9-4-8(11)13-7-14-9/h4,7,16H,5-6H2,1-3H3,(H,12,13,14). The van der Waals surface area contributed by atoms with Crippen LogP contribution < -0.4 is 5.32 Å². The van der Waals surface area contributed by atoms with Crippen LogP contribution in [0.5, 0.6) is 0 Å². The molecule has 1 rings (SSSR count). The second-order valence-corrected chi connectivity index (χ2v) is 5.13. The van der Waals surface area contributed by atoms with Gasteiger partial charge in [0.25, 0.3) is 0 Å². The zero-order valence-corrected chi connectivity index (χ0v) is 11.3. The van der Waals surface area contributed by atoms with Crippen LogP contribution in [0.15, 0.2) is 17.0 Å². The van der Waals surface area contributed by atoms with Crippen molar-refractivity contribution < 1.29 is 5.11 Å². The summed E-state index contributed by atoms with van der Waals surface area (Å²) in [6, 6.07) is 1.77. The van der Waals surface area contributed by atoms with Gasteiger partial charge >= 0.3 is 0 Å². The molecule has 6 heteroatoms. The minimum absolute atomic E-state index is 0.439. The molecule has 2 N–H and O–H groups in total. The van der Waals surface area contributed by atoms with Crippen LogP contribution in [0.4, 0.5) is 5.82 Å². The third-order valence-corrected chi connectivity index (χ3v) is 2.37. The van der Waals surface area contributed by atoms with E-state index in [2.05, 4.69) is 31.2 Å². The predicted octanol–water partition coefficient (Wildman–Crippen LogP) is 0.964. The maximum absolute atomic E-state index is 10.1. The van der Waals surface area contributed by atoms with Crippen molar-refractivity contribution in [2.75, 3.05) is 32.5 Å². The van der Waals surface area contributed by atoms with E-state index in [1.807, 2.05) is 19.0 Å². The first-order chi connectivity index (χ1) is 7.39. The van der Waals surface area contributed by atoms with E-state index in [1.54, 1.807) is 13.0 Å². The smallest absolute Gasteiger partial charge is 0.130 e. The molecule has 0 aromatic carbocycles. The topological polar surface area (TPSA) is 61.3 Å². The number of likely N-dealkylation sites (N-methyl/N-ethyl adjacent to an activating group) is 1. The van der Waals surface area contributed by atoms with Crippen LogP contribution in [-0.2, 0) is 0 Å². The average Bonchev–Trinajstić information content (AvgIpc) is 2.13. The van der Waals surface area contributed by atoms with E-state index in [9.17, 15) is 5.11 Å². The molecule has 0 saturated heterocycles. The Hall–Kier alpha value is -0.720. The number of halogens is 1. The number of hydrogen-bond donors (Lipinski definition) is 2. The second-order valence-electron chi connectivity index (χ2n) is 4.31. The molecule has 0 spiro atoms. The first-order valence-electron chi connectivity index (χ1n) is 4.97. The lowest BCUT2D eigenvalue weighted by molar-refractivity contribution is 0.0459. The van der Waals surface area contributed by atoms with Crippen molar-refractivity contribution in [3.05, 3.63) is 17.0 Å².